The minimum Gasteiger partial charge on any atom is -0.378 e. The molecule has 114 valence electrons. The van der Waals surface area contributed by atoms with E-state index in [9.17, 15) is 0 Å². The van der Waals surface area contributed by atoms with Crippen LogP contribution in [0.2, 0.25) is 0 Å². The zero-order valence-corrected chi connectivity index (χ0v) is 13.7. The molecule has 2 unspecified atom stereocenters. The van der Waals surface area contributed by atoms with E-state index in [4.69, 9.17) is 4.74 Å². The number of morpholine rings is 1. The molecule has 0 amide bonds. The van der Waals surface area contributed by atoms with Crippen molar-refractivity contribution in [1.82, 2.24) is 4.90 Å². The van der Waals surface area contributed by atoms with E-state index < -0.39 is 0 Å². The Kier molecular flexibility index (Phi) is 4.24. The Morgan fingerprint density at radius 2 is 1.35 bits per heavy atom. The molecule has 0 N–H and O–H groups in total. The lowest BCUT2D eigenvalue weighted by molar-refractivity contribution is -0.148. The number of nitrogens with zero attached hydrogens (tertiary/aromatic N) is 1. The molecule has 0 aromatic heterocycles. The molecule has 0 saturated carbocycles. The van der Waals surface area contributed by atoms with Gasteiger partial charge in [0.2, 0.25) is 0 Å². The van der Waals surface area contributed by atoms with Crippen molar-refractivity contribution >= 4 is 0 Å². The summed E-state index contributed by atoms with van der Waals surface area (Å²) in [7, 11) is 0. The number of fused-ring (bicyclic) bond motifs is 2. The number of allylic oxidation sites excluding steroid dienone is 2. The fourth-order valence-electron chi connectivity index (χ4n) is 4.69. The number of ether oxygens (including phenoxy) is 1. The third kappa shape index (κ3) is 2.57. The van der Waals surface area contributed by atoms with E-state index in [0.29, 0.717) is 0 Å². The lowest BCUT2D eigenvalue weighted by Gasteiger charge is -2.56. The minimum atomic E-state index is 0.727. The van der Waals surface area contributed by atoms with Crippen molar-refractivity contribution in [3.8, 4) is 0 Å². The van der Waals surface area contributed by atoms with E-state index in [-0.39, 0.29) is 0 Å². The molecule has 2 heteroatoms. The molecule has 3 aliphatic rings. The molecule has 20 heavy (non-hydrogen) atoms. The van der Waals surface area contributed by atoms with Crippen molar-refractivity contribution in [1.29, 1.82) is 0 Å². The first-order valence-electron chi connectivity index (χ1n) is 8.65. The topological polar surface area (TPSA) is 12.5 Å². The van der Waals surface area contributed by atoms with Crippen molar-refractivity contribution in [2.24, 2.45) is 11.8 Å². The fraction of sp³-hybridized carbons (Fsp3) is 0.889. The molecule has 2 nitrogen and oxygen atoms in total. The Bertz CT molecular complexity index is 349. The Hall–Kier alpha value is -0.340. The summed E-state index contributed by atoms with van der Waals surface area (Å²) in [5.74, 6) is 1.45. The van der Waals surface area contributed by atoms with E-state index in [2.05, 4.69) is 32.6 Å². The largest absolute Gasteiger partial charge is 0.378 e. The van der Waals surface area contributed by atoms with Gasteiger partial charge in [-0.3, -0.25) is 4.90 Å². The molecule has 1 aliphatic carbocycles. The molecule has 2 bridgehead atoms. The van der Waals surface area contributed by atoms with Crippen molar-refractivity contribution in [3.05, 3.63) is 11.1 Å². The van der Waals surface area contributed by atoms with E-state index in [1.54, 1.807) is 11.1 Å². The van der Waals surface area contributed by atoms with Crippen molar-refractivity contribution in [3.63, 3.8) is 0 Å². The molecule has 0 spiro atoms. The summed E-state index contributed by atoms with van der Waals surface area (Å²) in [6.45, 7) is 11.5. The molecule has 0 radical (unpaired) electrons. The van der Waals surface area contributed by atoms with E-state index in [1.165, 1.54) is 32.1 Å². The number of hydrogen-bond donors (Lipinski definition) is 0. The molecule has 0 aromatic rings. The third-order valence-electron chi connectivity index (χ3n) is 5.73. The summed E-state index contributed by atoms with van der Waals surface area (Å²) in [6.07, 6.45) is 6.78. The van der Waals surface area contributed by atoms with Crippen LogP contribution in [0.1, 0.15) is 59.8 Å². The Labute approximate surface area is 124 Å². The van der Waals surface area contributed by atoms with Gasteiger partial charge in [0.25, 0.3) is 0 Å². The van der Waals surface area contributed by atoms with Gasteiger partial charge in [0.15, 0.2) is 0 Å². The third-order valence-corrected chi connectivity index (χ3v) is 5.73. The fourth-order valence-corrected chi connectivity index (χ4v) is 4.69. The van der Waals surface area contributed by atoms with Crippen LogP contribution in [-0.4, -0.2) is 36.2 Å². The molecule has 2 aliphatic heterocycles. The average Bonchev–Trinajstić information content (AvgIpc) is 2.62. The summed E-state index contributed by atoms with van der Waals surface area (Å²) in [6, 6.07) is 2.29. The van der Waals surface area contributed by atoms with Gasteiger partial charge in [-0.2, -0.15) is 0 Å². The maximum atomic E-state index is 5.65. The number of rotatable bonds is 3. The highest BCUT2D eigenvalue weighted by molar-refractivity contribution is 5.20. The van der Waals surface area contributed by atoms with Crippen LogP contribution in [0, 0.1) is 11.8 Å². The molecule has 3 rings (SSSR count). The molecule has 2 atom stereocenters. The van der Waals surface area contributed by atoms with E-state index in [1.807, 2.05) is 0 Å². The first kappa shape index (κ1) is 14.6. The molecular formula is C18H31NO. The molecular weight excluding hydrogens is 246 g/mol. The number of hydrogen-bond acceptors (Lipinski definition) is 2. The second kappa shape index (κ2) is 5.81. The Balaban J connectivity index is 1.69. The molecule has 2 heterocycles. The predicted molar refractivity (Wildman–Crippen MR) is 83.8 cm³/mol. The van der Waals surface area contributed by atoms with Crippen LogP contribution in [0.25, 0.3) is 0 Å². The quantitative estimate of drug-likeness (QED) is 0.723. The van der Waals surface area contributed by atoms with Crippen LogP contribution in [0.4, 0.5) is 0 Å². The summed E-state index contributed by atoms with van der Waals surface area (Å²) >= 11 is 0. The molecule has 0 aromatic carbocycles. The van der Waals surface area contributed by atoms with Crippen molar-refractivity contribution in [2.45, 2.75) is 77.9 Å². The van der Waals surface area contributed by atoms with Crippen LogP contribution in [0.5, 0.6) is 0 Å². The van der Waals surface area contributed by atoms with Gasteiger partial charge in [-0.05, 0) is 43.9 Å². The van der Waals surface area contributed by atoms with Crippen molar-refractivity contribution in [2.75, 3.05) is 13.2 Å². The maximum Gasteiger partial charge on any atom is 0.0623 e. The van der Waals surface area contributed by atoms with Crippen molar-refractivity contribution < 1.29 is 4.74 Å². The minimum absolute atomic E-state index is 0.727. The van der Waals surface area contributed by atoms with Crippen LogP contribution >= 0.6 is 0 Å². The standard InChI is InChI=1S/C18H31NO/c1-12(2)17-7-5-14(6-8-18(17)13(3)4)19-15-9-16(19)11-20-10-15/h12-16H,5-11H2,1-4H3. The lowest BCUT2D eigenvalue weighted by atomic mass is 9.86. The smallest absolute Gasteiger partial charge is 0.0623 e. The second-order valence-electron chi connectivity index (χ2n) is 7.62. The summed E-state index contributed by atoms with van der Waals surface area (Å²) in [4.78, 5) is 2.81. The highest BCUT2D eigenvalue weighted by Gasteiger charge is 2.45. The zero-order chi connectivity index (χ0) is 14.3. The van der Waals surface area contributed by atoms with Gasteiger partial charge >= 0.3 is 0 Å². The van der Waals surface area contributed by atoms with Gasteiger partial charge in [-0.1, -0.05) is 38.8 Å². The predicted octanol–water partition coefficient (Wildman–Crippen LogP) is 4.01. The van der Waals surface area contributed by atoms with Crippen LogP contribution in [0.15, 0.2) is 11.1 Å². The zero-order valence-electron chi connectivity index (χ0n) is 13.7. The first-order chi connectivity index (χ1) is 9.58. The average molecular weight is 277 g/mol. The monoisotopic (exact) mass is 277 g/mol. The Morgan fingerprint density at radius 3 is 1.75 bits per heavy atom. The van der Waals surface area contributed by atoms with Crippen LogP contribution in [0.3, 0.4) is 0 Å². The van der Waals surface area contributed by atoms with Gasteiger partial charge in [0.1, 0.15) is 0 Å². The maximum absolute atomic E-state index is 5.65. The van der Waals surface area contributed by atoms with Gasteiger partial charge in [0.05, 0.1) is 13.2 Å². The highest BCUT2D eigenvalue weighted by Crippen LogP contribution is 2.40. The molecule has 2 fully saturated rings. The van der Waals surface area contributed by atoms with Gasteiger partial charge in [0, 0.05) is 18.1 Å². The first-order valence-corrected chi connectivity index (χ1v) is 8.65. The summed E-state index contributed by atoms with van der Waals surface area (Å²) in [5, 5.41) is 0. The van der Waals surface area contributed by atoms with Crippen LogP contribution in [-0.2, 0) is 4.74 Å². The van der Waals surface area contributed by atoms with E-state index >= 15 is 0 Å². The second-order valence-corrected chi connectivity index (χ2v) is 7.62. The summed E-state index contributed by atoms with van der Waals surface area (Å²) < 4.78 is 5.65. The van der Waals surface area contributed by atoms with E-state index in [0.717, 1.165) is 43.2 Å². The van der Waals surface area contributed by atoms with Gasteiger partial charge in [-0.25, -0.2) is 0 Å². The Morgan fingerprint density at radius 1 is 0.850 bits per heavy atom. The van der Waals surface area contributed by atoms with Gasteiger partial charge in [-0.15, -0.1) is 0 Å². The highest BCUT2D eigenvalue weighted by atomic mass is 16.5. The normalized spacial score (nSPS) is 32.7. The summed E-state index contributed by atoms with van der Waals surface area (Å²) in [5.41, 5.74) is 3.54. The molecule has 2 saturated heterocycles. The SMILES string of the molecule is CC(C)C1=C(C(C)C)CCC(N2C3COCC2C3)CC1. The lowest BCUT2D eigenvalue weighted by Crippen LogP contribution is -2.66. The van der Waals surface area contributed by atoms with Crippen LogP contribution < -0.4 is 0 Å². The van der Waals surface area contributed by atoms with Gasteiger partial charge < -0.3 is 4.74 Å².